The Hall–Kier alpha value is -1.06. The molecule has 3 N–H and O–H groups in total. The molecule has 0 aliphatic carbocycles. The molecule has 0 saturated carbocycles. The van der Waals surface area contributed by atoms with Crippen molar-refractivity contribution in [2.24, 2.45) is 11.7 Å². The van der Waals surface area contributed by atoms with Gasteiger partial charge in [0.2, 0.25) is 5.91 Å². The van der Waals surface area contributed by atoms with E-state index in [9.17, 15) is 4.79 Å². The first kappa shape index (κ1) is 13.0. The number of halogens is 1. The van der Waals surface area contributed by atoms with E-state index >= 15 is 0 Å². The van der Waals surface area contributed by atoms with Gasteiger partial charge in [0.05, 0.1) is 16.6 Å². The van der Waals surface area contributed by atoms with Gasteiger partial charge < -0.3 is 11.1 Å². The van der Waals surface area contributed by atoms with Gasteiger partial charge in [-0.25, -0.2) is 0 Å². The Labute approximate surface area is 101 Å². The maximum absolute atomic E-state index is 11.8. The molecular formula is C12H17ClN2O. The first-order chi connectivity index (χ1) is 7.58. The van der Waals surface area contributed by atoms with E-state index in [-0.39, 0.29) is 11.8 Å². The lowest BCUT2D eigenvalue weighted by Gasteiger charge is -2.13. The van der Waals surface area contributed by atoms with Crippen LogP contribution < -0.4 is 11.1 Å². The smallest absolute Gasteiger partial charge is 0.228 e. The molecule has 0 spiro atoms. The Balaban J connectivity index is 2.76. The Morgan fingerprint density at radius 3 is 2.75 bits per heavy atom. The van der Waals surface area contributed by atoms with E-state index in [0.717, 1.165) is 12.0 Å². The van der Waals surface area contributed by atoms with Crippen LogP contribution in [0.1, 0.15) is 18.9 Å². The van der Waals surface area contributed by atoms with Crippen LogP contribution in [0.2, 0.25) is 5.02 Å². The number of nitrogens with one attached hydrogen (secondary N) is 1. The summed E-state index contributed by atoms with van der Waals surface area (Å²) in [5.74, 6) is -0.229. The van der Waals surface area contributed by atoms with E-state index in [0.29, 0.717) is 17.3 Å². The zero-order valence-corrected chi connectivity index (χ0v) is 10.3. The van der Waals surface area contributed by atoms with Crippen molar-refractivity contribution in [1.82, 2.24) is 0 Å². The number of anilines is 1. The molecule has 1 aromatic carbocycles. The van der Waals surface area contributed by atoms with Gasteiger partial charge in [0.25, 0.3) is 0 Å². The second kappa shape index (κ2) is 5.87. The van der Waals surface area contributed by atoms with Crippen molar-refractivity contribution < 1.29 is 4.79 Å². The molecule has 0 bridgehead atoms. The molecule has 0 heterocycles. The van der Waals surface area contributed by atoms with Gasteiger partial charge in [0.1, 0.15) is 0 Å². The van der Waals surface area contributed by atoms with Crippen LogP contribution in [0.3, 0.4) is 0 Å². The molecule has 1 rings (SSSR count). The topological polar surface area (TPSA) is 55.1 Å². The van der Waals surface area contributed by atoms with E-state index < -0.39 is 0 Å². The molecule has 0 aliphatic rings. The third kappa shape index (κ3) is 3.22. The number of hydrogen-bond donors (Lipinski definition) is 2. The predicted molar refractivity (Wildman–Crippen MR) is 67.7 cm³/mol. The summed E-state index contributed by atoms with van der Waals surface area (Å²) in [7, 11) is 0. The number of amides is 1. The summed E-state index contributed by atoms with van der Waals surface area (Å²) in [6.45, 7) is 4.24. The van der Waals surface area contributed by atoms with E-state index in [1.165, 1.54) is 0 Å². The summed E-state index contributed by atoms with van der Waals surface area (Å²) in [6.07, 6.45) is 0.728. The highest BCUT2D eigenvalue weighted by Gasteiger charge is 2.15. The van der Waals surface area contributed by atoms with E-state index in [2.05, 4.69) is 5.32 Å². The lowest BCUT2D eigenvalue weighted by molar-refractivity contribution is -0.119. The number of nitrogens with two attached hydrogens (primary N) is 1. The van der Waals surface area contributed by atoms with Gasteiger partial charge in [-0.05, 0) is 31.0 Å². The monoisotopic (exact) mass is 240 g/mol. The van der Waals surface area contributed by atoms with Crippen LogP contribution in [-0.4, -0.2) is 12.5 Å². The number of rotatable bonds is 4. The van der Waals surface area contributed by atoms with Gasteiger partial charge >= 0.3 is 0 Å². The second-order valence-corrected chi connectivity index (χ2v) is 4.22. The standard InChI is InChI=1S/C12H17ClN2O/c1-3-9(7-14)12(16)15-11-5-4-8(2)6-10(11)13/h4-6,9H,3,7,14H2,1-2H3,(H,15,16). The molecule has 0 aliphatic heterocycles. The zero-order valence-electron chi connectivity index (χ0n) is 9.59. The van der Waals surface area contributed by atoms with Crippen LogP contribution in [0.25, 0.3) is 0 Å². The Morgan fingerprint density at radius 2 is 2.25 bits per heavy atom. The van der Waals surface area contributed by atoms with Crippen molar-refractivity contribution in [2.45, 2.75) is 20.3 Å². The minimum absolute atomic E-state index is 0.0734. The average molecular weight is 241 g/mol. The quantitative estimate of drug-likeness (QED) is 0.850. The van der Waals surface area contributed by atoms with Crippen LogP contribution in [0.15, 0.2) is 18.2 Å². The van der Waals surface area contributed by atoms with E-state index in [1.54, 1.807) is 6.07 Å². The molecule has 0 radical (unpaired) electrons. The molecule has 4 heteroatoms. The maximum atomic E-state index is 11.8. The van der Waals surface area contributed by atoms with Crippen molar-refractivity contribution >= 4 is 23.2 Å². The van der Waals surface area contributed by atoms with Crippen LogP contribution in [0.5, 0.6) is 0 Å². The molecule has 88 valence electrons. The average Bonchev–Trinajstić information content (AvgIpc) is 2.24. The first-order valence-corrected chi connectivity index (χ1v) is 5.73. The van der Waals surface area contributed by atoms with Crippen molar-refractivity contribution in [3.05, 3.63) is 28.8 Å². The van der Waals surface area contributed by atoms with Crippen molar-refractivity contribution in [1.29, 1.82) is 0 Å². The third-order valence-corrected chi connectivity index (χ3v) is 2.84. The number of aryl methyl sites for hydroxylation is 1. The fourth-order valence-electron chi connectivity index (χ4n) is 1.42. The van der Waals surface area contributed by atoms with Gasteiger partial charge in [0.15, 0.2) is 0 Å². The van der Waals surface area contributed by atoms with Gasteiger partial charge in [-0.15, -0.1) is 0 Å². The fourth-order valence-corrected chi connectivity index (χ4v) is 1.70. The van der Waals surface area contributed by atoms with Crippen LogP contribution >= 0.6 is 11.6 Å². The maximum Gasteiger partial charge on any atom is 0.228 e. The Bertz CT molecular complexity index is 375. The summed E-state index contributed by atoms with van der Waals surface area (Å²) in [5.41, 5.74) is 7.21. The van der Waals surface area contributed by atoms with Crippen molar-refractivity contribution in [3.63, 3.8) is 0 Å². The summed E-state index contributed by atoms with van der Waals surface area (Å²) in [5, 5.41) is 3.34. The summed E-state index contributed by atoms with van der Waals surface area (Å²) >= 11 is 6.02. The second-order valence-electron chi connectivity index (χ2n) is 3.81. The van der Waals surface area contributed by atoms with Crippen molar-refractivity contribution in [2.75, 3.05) is 11.9 Å². The summed E-state index contributed by atoms with van der Waals surface area (Å²) in [6, 6.07) is 5.53. The number of carbonyl (C=O) groups excluding carboxylic acids is 1. The van der Waals surface area contributed by atoms with Gasteiger partial charge in [-0.2, -0.15) is 0 Å². The molecule has 1 atom stereocenters. The van der Waals surface area contributed by atoms with Crippen LogP contribution in [0, 0.1) is 12.8 Å². The highest BCUT2D eigenvalue weighted by atomic mass is 35.5. The third-order valence-electron chi connectivity index (χ3n) is 2.53. The lowest BCUT2D eigenvalue weighted by atomic mass is 10.1. The van der Waals surface area contributed by atoms with Crippen LogP contribution in [-0.2, 0) is 4.79 Å². The first-order valence-electron chi connectivity index (χ1n) is 5.35. The molecule has 0 aromatic heterocycles. The Morgan fingerprint density at radius 1 is 1.56 bits per heavy atom. The number of benzene rings is 1. The number of hydrogen-bond acceptors (Lipinski definition) is 2. The largest absolute Gasteiger partial charge is 0.330 e. The summed E-state index contributed by atoms with van der Waals surface area (Å²) in [4.78, 5) is 11.8. The fraction of sp³-hybridized carbons (Fsp3) is 0.417. The molecule has 1 aromatic rings. The highest BCUT2D eigenvalue weighted by Crippen LogP contribution is 2.23. The Kier molecular flexibility index (Phi) is 4.77. The molecule has 0 saturated heterocycles. The zero-order chi connectivity index (χ0) is 12.1. The molecule has 16 heavy (non-hydrogen) atoms. The van der Waals surface area contributed by atoms with Gasteiger partial charge in [0, 0.05) is 6.54 Å². The van der Waals surface area contributed by atoms with Gasteiger partial charge in [-0.1, -0.05) is 24.6 Å². The predicted octanol–water partition coefficient (Wildman–Crippen LogP) is 2.57. The molecule has 3 nitrogen and oxygen atoms in total. The minimum atomic E-state index is -0.155. The van der Waals surface area contributed by atoms with E-state index in [4.69, 9.17) is 17.3 Å². The summed E-state index contributed by atoms with van der Waals surface area (Å²) < 4.78 is 0. The molecule has 0 fully saturated rings. The minimum Gasteiger partial charge on any atom is -0.330 e. The normalized spacial score (nSPS) is 12.2. The van der Waals surface area contributed by atoms with Gasteiger partial charge in [-0.3, -0.25) is 4.79 Å². The highest BCUT2D eigenvalue weighted by molar-refractivity contribution is 6.33. The van der Waals surface area contributed by atoms with E-state index in [1.807, 2.05) is 26.0 Å². The van der Waals surface area contributed by atoms with Crippen LogP contribution in [0.4, 0.5) is 5.69 Å². The molecular weight excluding hydrogens is 224 g/mol. The molecule has 1 amide bonds. The SMILES string of the molecule is CCC(CN)C(=O)Nc1ccc(C)cc1Cl. The number of carbonyl (C=O) groups is 1. The lowest BCUT2D eigenvalue weighted by Crippen LogP contribution is -2.28. The molecule has 1 unspecified atom stereocenters. The van der Waals surface area contributed by atoms with Crippen molar-refractivity contribution in [3.8, 4) is 0 Å².